The summed E-state index contributed by atoms with van der Waals surface area (Å²) >= 11 is 1.54. The number of piperidine rings is 1. The molecule has 144 valence electrons. The molecule has 26 heavy (non-hydrogen) atoms. The Kier molecular flexibility index (Phi) is 5.15. The average Bonchev–Trinajstić information content (AvgIpc) is 3.10. The fourth-order valence-electron chi connectivity index (χ4n) is 4.15. The maximum absolute atomic E-state index is 13.1. The second-order valence-corrected chi connectivity index (χ2v) is 10.5. The van der Waals surface area contributed by atoms with Gasteiger partial charge in [-0.3, -0.25) is 9.59 Å². The van der Waals surface area contributed by atoms with Crippen LogP contribution < -0.4 is 0 Å². The zero-order valence-corrected chi connectivity index (χ0v) is 17.0. The van der Waals surface area contributed by atoms with E-state index in [9.17, 15) is 18.0 Å². The molecule has 3 heterocycles. The Labute approximate surface area is 158 Å². The lowest BCUT2D eigenvalue weighted by Crippen LogP contribution is -2.67. The molecular formula is C17H25N3O4S2. The minimum atomic E-state index is -3.35. The van der Waals surface area contributed by atoms with Gasteiger partial charge in [-0.05, 0) is 24.3 Å². The van der Waals surface area contributed by atoms with Gasteiger partial charge in [0, 0.05) is 45.2 Å². The Hall–Kier alpha value is -1.45. The molecule has 0 unspecified atom stereocenters. The fourth-order valence-corrected chi connectivity index (χ4v) is 6.45. The molecular weight excluding hydrogens is 374 g/mol. The molecule has 0 N–H and O–H groups in total. The van der Waals surface area contributed by atoms with Gasteiger partial charge in [0.15, 0.2) is 0 Å². The van der Waals surface area contributed by atoms with Crippen molar-refractivity contribution < 1.29 is 18.0 Å². The first-order valence-corrected chi connectivity index (χ1v) is 11.1. The Morgan fingerprint density at radius 3 is 2.73 bits per heavy atom. The van der Waals surface area contributed by atoms with Gasteiger partial charge < -0.3 is 9.80 Å². The first kappa shape index (κ1) is 19.3. The molecule has 0 radical (unpaired) electrons. The highest BCUT2D eigenvalue weighted by Crippen LogP contribution is 2.43. The van der Waals surface area contributed by atoms with E-state index in [4.69, 9.17) is 0 Å². The highest BCUT2D eigenvalue weighted by atomic mass is 32.2. The Morgan fingerprint density at radius 1 is 1.38 bits per heavy atom. The molecule has 0 aromatic carbocycles. The highest BCUT2D eigenvalue weighted by Gasteiger charge is 2.57. The Morgan fingerprint density at radius 2 is 2.12 bits per heavy atom. The van der Waals surface area contributed by atoms with Crippen LogP contribution in [0.3, 0.4) is 0 Å². The molecule has 2 aliphatic heterocycles. The number of nitrogens with zero attached hydrogens (tertiary/aromatic N) is 3. The fraction of sp³-hybridized carbons (Fsp3) is 0.647. The Bertz CT molecular complexity index is 791. The smallest absolute Gasteiger partial charge is 0.231 e. The molecule has 1 aromatic rings. The zero-order valence-electron chi connectivity index (χ0n) is 15.3. The van der Waals surface area contributed by atoms with Gasteiger partial charge in [0.05, 0.1) is 17.6 Å². The largest absolute Gasteiger partial charge is 0.348 e. The van der Waals surface area contributed by atoms with E-state index in [0.29, 0.717) is 19.4 Å². The number of rotatable bonds is 3. The van der Waals surface area contributed by atoms with Gasteiger partial charge in [-0.2, -0.15) is 0 Å². The summed E-state index contributed by atoms with van der Waals surface area (Å²) in [5, 5.41) is 1.94. The number of likely N-dealkylation sites (tertiary alicyclic amines) is 1. The number of fused-ring (bicyclic) bond motifs is 1. The molecule has 3 rings (SSSR count). The van der Waals surface area contributed by atoms with Crippen molar-refractivity contribution >= 4 is 33.2 Å². The third kappa shape index (κ3) is 3.27. The SMILES string of the molecule is CN(C)C(=O)[C@]12CCS(=O)(=O)N(C)[C@@H]1CCN(C(=O)Cc1cccs1)C2. The quantitative estimate of drug-likeness (QED) is 0.747. The minimum absolute atomic E-state index is 0.00656. The van der Waals surface area contributed by atoms with Gasteiger partial charge in [-0.25, -0.2) is 12.7 Å². The van der Waals surface area contributed by atoms with Gasteiger partial charge >= 0.3 is 0 Å². The van der Waals surface area contributed by atoms with Crippen LogP contribution in [0.1, 0.15) is 17.7 Å². The molecule has 2 aliphatic rings. The van der Waals surface area contributed by atoms with Crippen LogP contribution in [0.5, 0.6) is 0 Å². The summed E-state index contributed by atoms with van der Waals surface area (Å²) in [7, 11) is 1.58. The summed E-state index contributed by atoms with van der Waals surface area (Å²) in [6.07, 6.45) is 1.05. The van der Waals surface area contributed by atoms with E-state index in [2.05, 4.69) is 0 Å². The third-order valence-corrected chi connectivity index (χ3v) is 8.29. The minimum Gasteiger partial charge on any atom is -0.348 e. The number of amides is 2. The van der Waals surface area contributed by atoms with Crippen LogP contribution in [-0.2, 0) is 26.0 Å². The maximum atomic E-state index is 13.1. The molecule has 2 atom stereocenters. The van der Waals surface area contributed by atoms with Crippen molar-refractivity contribution in [3.8, 4) is 0 Å². The molecule has 0 aliphatic carbocycles. The predicted molar refractivity (Wildman–Crippen MR) is 100 cm³/mol. The van der Waals surface area contributed by atoms with Crippen LogP contribution in [-0.4, -0.2) is 80.4 Å². The zero-order chi connectivity index (χ0) is 19.1. The van der Waals surface area contributed by atoms with E-state index in [-0.39, 0.29) is 30.5 Å². The summed E-state index contributed by atoms with van der Waals surface area (Å²) in [5.74, 6) is -0.169. The average molecular weight is 400 g/mol. The van der Waals surface area contributed by atoms with E-state index in [0.717, 1.165) is 4.88 Å². The van der Waals surface area contributed by atoms with Crippen molar-refractivity contribution in [2.24, 2.45) is 5.41 Å². The molecule has 0 spiro atoms. The van der Waals surface area contributed by atoms with Gasteiger partial charge in [-0.15, -0.1) is 11.3 Å². The summed E-state index contributed by atoms with van der Waals surface area (Å²) in [5.41, 5.74) is -0.868. The normalized spacial score (nSPS) is 28.4. The molecule has 2 saturated heterocycles. The number of thiophene rings is 1. The second-order valence-electron chi connectivity index (χ2n) is 7.31. The van der Waals surface area contributed by atoms with Crippen molar-refractivity contribution in [2.45, 2.75) is 25.3 Å². The summed E-state index contributed by atoms with van der Waals surface area (Å²) in [6.45, 7) is 0.746. The van der Waals surface area contributed by atoms with E-state index in [1.807, 2.05) is 17.5 Å². The van der Waals surface area contributed by atoms with Crippen LogP contribution in [0.2, 0.25) is 0 Å². The molecule has 1 aromatic heterocycles. The molecule has 0 bridgehead atoms. The Balaban J connectivity index is 1.88. The summed E-state index contributed by atoms with van der Waals surface area (Å²) in [4.78, 5) is 30.1. The van der Waals surface area contributed by atoms with Gasteiger partial charge in [0.2, 0.25) is 21.8 Å². The van der Waals surface area contributed by atoms with Gasteiger partial charge in [0.1, 0.15) is 0 Å². The maximum Gasteiger partial charge on any atom is 0.231 e. The van der Waals surface area contributed by atoms with Crippen molar-refractivity contribution in [2.75, 3.05) is 40.0 Å². The predicted octanol–water partition coefficient (Wildman–Crippen LogP) is 0.631. The lowest BCUT2D eigenvalue weighted by molar-refractivity contribution is -0.152. The molecule has 7 nitrogen and oxygen atoms in total. The standard InChI is InChI=1S/C17H25N3O4S2/c1-18(2)16(22)17-7-10-26(23,24)19(3)14(17)6-8-20(12-17)15(21)11-13-5-4-9-25-13/h4-5,9,14H,6-8,10-12H2,1-3H3/t14-,17+/m1/s1. The van der Waals surface area contributed by atoms with Crippen molar-refractivity contribution in [3.05, 3.63) is 22.4 Å². The van der Waals surface area contributed by atoms with Gasteiger partial charge in [0.25, 0.3) is 0 Å². The topological polar surface area (TPSA) is 78.0 Å². The number of hydrogen-bond acceptors (Lipinski definition) is 5. The van der Waals surface area contributed by atoms with E-state index < -0.39 is 21.5 Å². The first-order chi connectivity index (χ1) is 12.2. The van der Waals surface area contributed by atoms with Crippen LogP contribution in [0, 0.1) is 5.41 Å². The number of sulfonamides is 1. The molecule has 2 amide bonds. The van der Waals surface area contributed by atoms with Crippen LogP contribution in [0.4, 0.5) is 0 Å². The second kappa shape index (κ2) is 6.94. The summed E-state index contributed by atoms with van der Waals surface area (Å²) < 4.78 is 26.0. The molecule has 9 heteroatoms. The van der Waals surface area contributed by atoms with E-state index >= 15 is 0 Å². The molecule has 2 fully saturated rings. The number of carbonyl (C=O) groups excluding carboxylic acids is 2. The third-order valence-electron chi connectivity index (χ3n) is 5.56. The van der Waals surface area contributed by atoms with Crippen LogP contribution >= 0.6 is 11.3 Å². The van der Waals surface area contributed by atoms with Crippen molar-refractivity contribution in [1.82, 2.24) is 14.1 Å². The highest BCUT2D eigenvalue weighted by molar-refractivity contribution is 7.89. The van der Waals surface area contributed by atoms with Crippen molar-refractivity contribution in [3.63, 3.8) is 0 Å². The lowest BCUT2D eigenvalue weighted by Gasteiger charge is -2.53. The van der Waals surface area contributed by atoms with Gasteiger partial charge in [-0.1, -0.05) is 6.07 Å². The van der Waals surface area contributed by atoms with Crippen LogP contribution in [0.15, 0.2) is 17.5 Å². The number of carbonyl (C=O) groups is 2. The van der Waals surface area contributed by atoms with E-state index in [1.165, 1.54) is 20.5 Å². The summed E-state index contributed by atoms with van der Waals surface area (Å²) in [6, 6.07) is 3.44. The monoisotopic (exact) mass is 399 g/mol. The van der Waals surface area contributed by atoms with E-state index in [1.54, 1.807) is 26.0 Å². The number of hydrogen-bond donors (Lipinski definition) is 0. The first-order valence-electron chi connectivity index (χ1n) is 8.65. The molecule has 0 saturated carbocycles. The lowest BCUT2D eigenvalue weighted by atomic mass is 9.72. The van der Waals surface area contributed by atoms with Crippen LogP contribution in [0.25, 0.3) is 0 Å². The van der Waals surface area contributed by atoms with Crippen molar-refractivity contribution in [1.29, 1.82) is 0 Å².